The molecule has 5 amide bonds. The number of carbonyl (C=O) groups excluding carboxylic acids is 5. The Hall–Kier alpha value is -7.82. The van der Waals surface area contributed by atoms with Gasteiger partial charge in [-0.05, 0) is 67.5 Å². The molecule has 1 aliphatic heterocycles. The Balaban J connectivity index is 0.965. The van der Waals surface area contributed by atoms with E-state index < -0.39 is 35.2 Å². The molecule has 0 spiro atoms. The molecule has 0 saturated heterocycles. The number of aliphatic imine (C=N–C) groups is 1. The van der Waals surface area contributed by atoms with Gasteiger partial charge in [-0.3, -0.25) is 33.9 Å². The van der Waals surface area contributed by atoms with Gasteiger partial charge in [0.05, 0.1) is 36.4 Å². The van der Waals surface area contributed by atoms with E-state index in [4.69, 9.17) is 4.98 Å². The first-order chi connectivity index (χ1) is 32.6. The van der Waals surface area contributed by atoms with Crippen molar-refractivity contribution < 1.29 is 24.0 Å². The van der Waals surface area contributed by atoms with Crippen LogP contribution in [0.1, 0.15) is 74.7 Å². The van der Waals surface area contributed by atoms with Gasteiger partial charge in [0.25, 0.3) is 5.91 Å². The summed E-state index contributed by atoms with van der Waals surface area (Å²) in [4.78, 5) is 96.6. The zero-order valence-electron chi connectivity index (χ0n) is 37.5. The predicted octanol–water partition coefficient (Wildman–Crippen LogP) is 4.94. The second-order valence-corrected chi connectivity index (χ2v) is 16.8. The number of carbonyl (C=O) groups is 5. The Bertz CT molecular complexity index is 2910. The number of allylic oxidation sites excluding steroid dienone is 1. The normalized spacial score (nSPS) is 14.2. The second-order valence-electron chi connectivity index (χ2n) is 16.8. The SMILES string of the molecule is CCCN(CC(=O)N[C@@H](CC1=CCC=N1)C(=O)N(CCC)CC(=O)NC1(c2ccc(-c3nc4ccn5c(=O)[nH]nc5c4cc3-c3ccccc3)cc2)CCC1)C(=O)CNC(=O)c1ccncc1. The highest BCUT2D eigenvalue weighted by Gasteiger charge is 2.41. The van der Waals surface area contributed by atoms with Crippen LogP contribution >= 0.6 is 0 Å². The van der Waals surface area contributed by atoms with E-state index in [-0.39, 0.29) is 50.7 Å². The molecular formula is C50H53N11O6. The van der Waals surface area contributed by atoms with Gasteiger partial charge in [-0.1, -0.05) is 74.5 Å². The predicted molar refractivity (Wildman–Crippen MR) is 254 cm³/mol. The molecule has 1 atom stereocenters. The van der Waals surface area contributed by atoms with Crippen LogP contribution < -0.4 is 21.6 Å². The van der Waals surface area contributed by atoms with Crippen LogP contribution in [0.3, 0.4) is 0 Å². The molecule has 1 fully saturated rings. The number of aromatic amines is 1. The first-order valence-corrected chi connectivity index (χ1v) is 22.7. The summed E-state index contributed by atoms with van der Waals surface area (Å²) < 4.78 is 1.46. The summed E-state index contributed by atoms with van der Waals surface area (Å²) in [5.41, 5.74) is 5.57. The molecule has 2 aromatic carbocycles. The number of nitrogens with one attached hydrogen (secondary N) is 4. The average molecular weight is 904 g/mol. The first-order valence-electron chi connectivity index (χ1n) is 22.7. The Morgan fingerprint density at radius 2 is 1.60 bits per heavy atom. The number of H-pyrrole nitrogens is 1. The Labute approximate surface area is 386 Å². The molecule has 1 saturated carbocycles. The highest BCUT2D eigenvalue weighted by atomic mass is 16.2. The molecule has 4 aromatic heterocycles. The molecule has 1 aliphatic carbocycles. The lowest BCUT2D eigenvalue weighted by molar-refractivity contribution is -0.141. The van der Waals surface area contributed by atoms with Gasteiger partial charge in [-0.25, -0.2) is 19.3 Å². The quantitative estimate of drug-likeness (QED) is 0.0865. The summed E-state index contributed by atoms with van der Waals surface area (Å²) in [7, 11) is 0. The summed E-state index contributed by atoms with van der Waals surface area (Å²) in [5.74, 6) is -2.21. The zero-order valence-corrected chi connectivity index (χ0v) is 37.5. The Morgan fingerprint density at radius 3 is 2.28 bits per heavy atom. The van der Waals surface area contributed by atoms with E-state index in [9.17, 15) is 28.8 Å². The zero-order chi connectivity index (χ0) is 46.9. The van der Waals surface area contributed by atoms with Crippen LogP contribution in [-0.2, 0) is 24.7 Å². The minimum absolute atomic E-state index is 0.105. The first kappa shape index (κ1) is 45.7. The number of hydrogen-bond donors (Lipinski definition) is 4. The number of aromatic nitrogens is 5. The van der Waals surface area contributed by atoms with E-state index in [1.165, 1.54) is 38.7 Å². The number of fused-ring (bicyclic) bond motifs is 3. The molecule has 5 heterocycles. The molecule has 0 radical (unpaired) electrons. The highest BCUT2D eigenvalue weighted by Crippen LogP contribution is 2.42. The fourth-order valence-corrected chi connectivity index (χ4v) is 8.68. The molecule has 6 aromatic rings. The van der Waals surface area contributed by atoms with Crippen LogP contribution in [0.2, 0.25) is 0 Å². The third-order valence-corrected chi connectivity index (χ3v) is 12.2. The third kappa shape index (κ3) is 10.4. The van der Waals surface area contributed by atoms with Crippen LogP contribution in [0, 0.1) is 0 Å². The molecular weight excluding hydrogens is 851 g/mol. The average Bonchev–Trinajstić information content (AvgIpc) is 4.00. The summed E-state index contributed by atoms with van der Waals surface area (Å²) in [6.45, 7) is 3.44. The fraction of sp³-hybridized carbons (Fsp3) is 0.320. The number of rotatable bonds is 19. The second kappa shape index (κ2) is 20.6. The van der Waals surface area contributed by atoms with Gasteiger partial charge in [-0.2, -0.15) is 5.10 Å². The maximum Gasteiger partial charge on any atom is 0.347 e. The van der Waals surface area contributed by atoms with E-state index in [2.05, 4.69) is 36.1 Å². The lowest BCUT2D eigenvalue weighted by atomic mass is 9.71. The van der Waals surface area contributed by atoms with E-state index in [0.29, 0.717) is 54.5 Å². The Kier molecular flexibility index (Phi) is 14.0. The summed E-state index contributed by atoms with van der Waals surface area (Å²) in [5, 5.41) is 16.2. The van der Waals surface area contributed by atoms with Gasteiger partial charge in [0.1, 0.15) is 6.04 Å². The third-order valence-electron chi connectivity index (χ3n) is 12.2. The minimum Gasteiger partial charge on any atom is -0.345 e. The van der Waals surface area contributed by atoms with E-state index in [1.54, 1.807) is 18.5 Å². The number of pyridine rings is 3. The van der Waals surface area contributed by atoms with Crippen molar-refractivity contribution in [1.29, 1.82) is 0 Å². The maximum atomic E-state index is 14.4. The summed E-state index contributed by atoms with van der Waals surface area (Å²) in [6.07, 6.45) is 12.4. The number of benzene rings is 2. The molecule has 67 heavy (non-hydrogen) atoms. The van der Waals surface area contributed by atoms with Crippen LogP contribution in [0.4, 0.5) is 0 Å². The Morgan fingerprint density at radius 1 is 0.866 bits per heavy atom. The molecule has 0 bridgehead atoms. The van der Waals surface area contributed by atoms with Crippen molar-refractivity contribution in [2.75, 3.05) is 32.7 Å². The van der Waals surface area contributed by atoms with Crippen molar-refractivity contribution >= 4 is 52.3 Å². The standard InChI is InChI=1S/C50H53N11O6/c1-3-25-59(44(64)30-53-47(65)35-17-23-51-24-18-35)31-42(62)54-41(28-37-12-8-22-52-37)48(66)60(26-4-2)32-43(63)56-50(20-9-21-50)36-15-13-34(14-16-36)45-38(33-10-6-5-7-11-33)29-39-40(55-45)19-27-61-46(39)57-58-49(61)67/h5-7,10-19,22-24,27,29,41H,3-4,8-9,20-21,25-26,28,30-32H2,1-2H3,(H,53,65)(H,54,62)(H,56,63)(H,58,67)/t41-/m0/s1. The monoisotopic (exact) mass is 903 g/mol. The van der Waals surface area contributed by atoms with Crippen LogP contribution in [0.15, 0.2) is 119 Å². The van der Waals surface area contributed by atoms with Crippen LogP contribution in [0.5, 0.6) is 0 Å². The minimum atomic E-state index is -1.05. The maximum absolute atomic E-state index is 14.4. The lowest BCUT2D eigenvalue weighted by Crippen LogP contribution is -2.56. The van der Waals surface area contributed by atoms with Crippen molar-refractivity contribution in [3.05, 3.63) is 131 Å². The molecule has 17 nitrogen and oxygen atoms in total. The van der Waals surface area contributed by atoms with Crippen LogP contribution in [0.25, 0.3) is 38.9 Å². The van der Waals surface area contributed by atoms with Crippen molar-refractivity contribution in [1.82, 2.24) is 50.3 Å². The van der Waals surface area contributed by atoms with Crippen molar-refractivity contribution in [2.45, 2.75) is 70.4 Å². The van der Waals surface area contributed by atoms with Crippen molar-refractivity contribution in [3.63, 3.8) is 0 Å². The largest absolute Gasteiger partial charge is 0.347 e. The fourth-order valence-electron chi connectivity index (χ4n) is 8.68. The smallest absolute Gasteiger partial charge is 0.345 e. The van der Waals surface area contributed by atoms with Gasteiger partial charge in [0.2, 0.25) is 23.6 Å². The number of nitrogens with zero attached hydrogens (tertiary/aromatic N) is 7. The van der Waals surface area contributed by atoms with Crippen molar-refractivity contribution in [3.8, 4) is 22.4 Å². The van der Waals surface area contributed by atoms with Gasteiger partial charge >= 0.3 is 5.69 Å². The van der Waals surface area contributed by atoms with Crippen molar-refractivity contribution in [2.24, 2.45) is 4.99 Å². The van der Waals surface area contributed by atoms with Gasteiger partial charge in [-0.15, -0.1) is 0 Å². The van der Waals surface area contributed by atoms with Crippen LogP contribution in [-0.4, -0.2) is 109 Å². The lowest BCUT2D eigenvalue weighted by Gasteiger charge is -2.43. The van der Waals surface area contributed by atoms with Gasteiger partial charge in [0, 0.05) is 78.5 Å². The molecule has 17 heteroatoms. The molecule has 344 valence electrons. The molecule has 0 unspecified atom stereocenters. The van der Waals surface area contributed by atoms with Gasteiger partial charge < -0.3 is 25.8 Å². The highest BCUT2D eigenvalue weighted by molar-refractivity contribution is 5.99. The van der Waals surface area contributed by atoms with E-state index in [0.717, 1.165) is 39.8 Å². The molecule has 2 aliphatic rings. The topological polar surface area (TPSA) is 216 Å². The van der Waals surface area contributed by atoms with Gasteiger partial charge in [0.15, 0.2) is 5.65 Å². The summed E-state index contributed by atoms with van der Waals surface area (Å²) in [6, 6.07) is 23.8. The van der Waals surface area contributed by atoms with E-state index >= 15 is 0 Å². The number of hydrogen-bond acceptors (Lipinski definition) is 10. The molecule has 8 rings (SSSR count). The number of amides is 5. The summed E-state index contributed by atoms with van der Waals surface area (Å²) >= 11 is 0. The van der Waals surface area contributed by atoms with E-state index in [1.807, 2.05) is 80.6 Å². The molecule has 4 N–H and O–H groups in total.